The quantitative estimate of drug-likeness (QED) is 0.887. The molecule has 2 aromatic rings. The van der Waals surface area contributed by atoms with Crippen molar-refractivity contribution in [2.75, 3.05) is 12.4 Å². The molecule has 0 heterocycles. The zero-order chi connectivity index (χ0) is 15.2. The zero-order valence-electron chi connectivity index (χ0n) is 12.1. The van der Waals surface area contributed by atoms with Gasteiger partial charge < -0.3 is 15.2 Å². The van der Waals surface area contributed by atoms with E-state index in [0.29, 0.717) is 11.3 Å². The molecule has 0 radical (unpaired) electrons. The number of hydrogen-bond acceptors (Lipinski definition) is 3. The summed E-state index contributed by atoms with van der Waals surface area (Å²) in [5.41, 5.74) is 2.16. The fourth-order valence-corrected chi connectivity index (χ4v) is 2.00. The minimum atomic E-state index is -1.19. The fourth-order valence-electron chi connectivity index (χ4n) is 2.00. The van der Waals surface area contributed by atoms with E-state index in [-0.39, 0.29) is 6.10 Å². The molecule has 0 aliphatic rings. The molecule has 2 N–H and O–H groups in total. The van der Waals surface area contributed by atoms with Crippen LogP contribution in [0, 0.1) is 0 Å². The standard InChI is InChI=1S/C17H19NO3/c1-12(21-2)14-9-6-10-15(11-14)18-17(20)16(19)13-7-4-3-5-8-13/h3-12,16,19H,1-2H3,(H,18,20). The van der Waals surface area contributed by atoms with Gasteiger partial charge in [0.2, 0.25) is 0 Å². The number of nitrogens with one attached hydrogen (secondary N) is 1. The van der Waals surface area contributed by atoms with Crippen LogP contribution in [-0.4, -0.2) is 18.1 Å². The Balaban J connectivity index is 2.09. The number of carbonyl (C=O) groups is 1. The molecule has 0 saturated carbocycles. The van der Waals surface area contributed by atoms with Crippen LogP contribution in [-0.2, 0) is 9.53 Å². The Hall–Kier alpha value is -2.17. The lowest BCUT2D eigenvalue weighted by molar-refractivity contribution is -0.124. The molecule has 0 spiro atoms. The summed E-state index contributed by atoms with van der Waals surface area (Å²) in [6, 6.07) is 16.2. The van der Waals surface area contributed by atoms with E-state index in [4.69, 9.17) is 4.74 Å². The number of aliphatic hydroxyl groups excluding tert-OH is 1. The molecule has 2 unspecified atom stereocenters. The molecule has 0 fully saturated rings. The molecule has 4 nitrogen and oxygen atoms in total. The van der Waals surface area contributed by atoms with Crippen LogP contribution >= 0.6 is 0 Å². The maximum absolute atomic E-state index is 12.1. The molecule has 2 atom stereocenters. The van der Waals surface area contributed by atoms with Crippen molar-refractivity contribution in [3.8, 4) is 0 Å². The van der Waals surface area contributed by atoms with Gasteiger partial charge in [0.15, 0.2) is 6.10 Å². The molecule has 2 aromatic carbocycles. The zero-order valence-corrected chi connectivity index (χ0v) is 12.1. The first-order valence-electron chi connectivity index (χ1n) is 6.78. The Morgan fingerprint density at radius 1 is 1.10 bits per heavy atom. The Kier molecular flexibility index (Phi) is 5.09. The van der Waals surface area contributed by atoms with Crippen molar-refractivity contribution in [3.05, 3.63) is 65.7 Å². The summed E-state index contributed by atoms with van der Waals surface area (Å²) in [7, 11) is 1.63. The average Bonchev–Trinajstić information content (AvgIpc) is 2.54. The molecule has 0 aliphatic carbocycles. The second kappa shape index (κ2) is 7.02. The van der Waals surface area contributed by atoms with E-state index >= 15 is 0 Å². The first kappa shape index (κ1) is 15.2. The van der Waals surface area contributed by atoms with Crippen LogP contribution in [0.3, 0.4) is 0 Å². The molecule has 0 saturated heterocycles. The van der Waals surface area contributed by atoms with Crippen molar-refractivity contribution in [2.24, 2.45) is 0 Å². The molecule has 0 aromatic heterocycles. The van der Waals surface area contributed by atoms with Crippen LogP contribution in [0.15, 0.2) is 54.6 Å². The third-order valence-corrected chi connectivity index (χ3v) is 3.34. The lowest BCUT2D eigenvalue weighted by atomic mass is 10.1. The van der Waals surface area contributed by atoms with Crippen LogP contribution < -0.4 is 5.32 Å². The van der Waals surface area contributed by atoms with Gasteiger partial charge in [-0.25, -0.2) is 0 Å². The molecular formula is C17H19NO3. The van der Waals surface area contributed by atoms with Gasteiger partial charge in [-0.3, -0.25) is 4.79 Å². The number of anilines is 1. The molecule has 1 amide bonds. The SMILES string of the molecule is COC(C)c1cccc(NC(=O)C(O)c2ccccc2)c1. The lowest BCUT2D eigenvalue weighted by Gasteiger charge is -2.14. The number of methoxy groups -OCH3 is 1. The molecule has 21 heavy (non-hydrogen) atoms. The van der Waals surface area contributed by atoms with Crippen molar-refractivity contribution in [1.29, 1.82) is 0 Å². The predicted molar refractivity (Wildman–Crippen MR) is 81.9 cm³/mol. The van der Waals surface area contributed by atoms with E-state index in [1.807, 2.05) is 31.2 Å². The van der Waals surface area contributed by atoms with E-state index < -0.39 is 12.0 Å². The van der Waals surface area contributed by atoms with Gasteiger partial charge in [0.25, 0.3) is 5.91 Å². The number of rotatable bonds is 5. The highest BCUT2D eigenvalue weighted by Crippen LogP contribution is 2.21. The fraction of sp³-hybridized carbons (Fsp3) is 0.235. The minimum absolute atomic E-state index is 0.0547. The highest BCUT2D eigenvalue weighted by Gasteiger charge is 2.17. The molecule has 0 aliphatic heterocycles. The van der Waals surface area contributed by atoms with Gasteiger partial charge in [0.05, 0.1) is 6.10 Å². The summed E-state index contributed by atoms with van der Waals surface area (Å²) in [5, 5.41) is 12.8. The predicted octanol–water partition coefficient (Wildman–Crippen LogP) is 3.07. The highest BCUT2D eigenvalue weighted by atomic mass is 16.5. The van der Waals surface area contributed by atoms with Gasteiger partial charge in [-0.05, 0) is 30.2 Å². The van der Waals surface area contributed by atoms with Gasteiger partial charge >= 0.3 is 0 Å². The topological polar surface area (TPSA) is 58.6 Å². The smallest absolute Gasteiger partial charge is 0.257 e. The maximum atomic E-state index is 12.1. The summed E-state index contributed by atoms with van der Waals surface area (Å²) in [6.07, 6.45) is -1.24. The van der Waals surface area contributed by atoms with E-state index in [1.165, 1.54) is 0 Å². The number of amides is 1. The average molecular weight is 285 g/mol. The second-order valence-corrected chi connectivity index (χ2v) is 4.81. The Morgan fingerprint density at radius 3 is 2.43 bits per heavy atom. The van der Waals surface area contributed by atoms with Gasteiger partial charge in [0.1, 0.15) is 0 Å². The molecular weight excluding hydrogens is 266 g/mol. The van der Waals surface area contributed by atoms with E-state index in [1.54, 1.807) is 37.4 Å². The van der Waals surface area contributed by atoms with Gasteiger partial charge in [-0.1, -0.05) is 42.5 Å². The third-order valence-electron chi connectivity index (χ3n) is 3.34. The monoisotopic (exact) mass is 285 g/mol. The molecule has 110 valence electrons. The summed E-state index contributed by atoms with van der Waals surface area (Å²) in [6.45, 7) is 1.93. The first-order chi connectivity index (χ1) is 10.1. The van der Waals surface area contributed by atoms with Crippen LogP contribution in [0.5, 0.6) is 0 Å². The largest absolute Gasteiger partial charge is 0.378 e. The van der Waals surface area contributed by atoms with Crippen molar-refractivity contribution in [3.63, 3.8) is 0 Å². The first-order valence-corrected chi connectivity index (χ1v) is 6.78. The summed E-state index contributed by atoms with van der Waals surface area (Å²) in [4.78, 5) is 12.1. The highest BCUT2D eigenvalue weighted by molar-refractivity contribution is 5.94. The minimum Gasteiger partial charge on any atom is -0.378 e. The van der Waals surface area contributed by atoms with Crippen LogP contribution in [0.1, 0.15) is 30.3 Å². The second-order valence-electron chi connectivity index (χ2n) is 4.81. The third kappa shape index (κ3) is 3.90. The summed E-state index contributed by atoms with van der Waals surface area (Å²) in [5.74, 6) is -0.455. The normalized spacial score (nSPS) is 13.5. The Bertz CT molecular complexity index is 598. The van der Waals surface area contributed by atoms with Crippen LogP contribution in [0.4, 0.5) is 5.69 Å². The molecule has 2 rings (SSSR count). The van der Waals surface area contributed by atoms with Crippen LogP contribution in [0.2, 0.25) is 0 Å². The van der Waals surface area contributed by atoms with Crippen LogP contribution in [0.25, 0.3) is 0 Å². The van der Waals surface area contributed by atoms with E-state index in [0.717, 1.165) is 5.56 Å². The summed E-state index contributed by atoms with van der Waals surface area (Å²) >= 11 is 0. The Morgan fingerprint density at radius 2 is 1.76 bits per heavy atom. The van der Waals surface area contributed by atoms with Crippen molar-refractivity contribution >= 4 is 11.6 Å². The van der Waals surface area contributed by atoms with Crippen molar-refractivity contribution in [2.45, 2.75) is 19.1 Å². The van der Waals surface area contributed by atoms with E-state index in [9.17, 15) is 9.90 Å². The number of ether oxygens (including phenoxy) is 1. The van der Waals surface area contributed by atoms with Gasteiger partial charge in [-0.2, -0.15) is 0 Å². The number of benzene rings is 2. The van der Waals surface area contributed by atoms with Crippen molar-refractivity contribution < 1.29 is 14.6 Å². The Labute approximate surface area is 124 Å². The van der Waals surface area contributed by atoms with Gasteiger partial charge in [0, 0.05) is 12.8 Å². The van der Waals surface area contributed by atoms with Gasteiger partial charge in [-0.15, -0.1) is 0 Å². The molecule has 4 heteroatoms. The maximum Gasteiger partial charge on any atom is 0.257 e. The molecule has 0 bridgehead atoms. The number of hydrogen-bond donors (Lipinski definition) is 2. The number of carbonyl (C=O) groups excluding carboxylic acids is 1. The van der Waals surface area contributed by atoms with E-state index in [2.05, 4.69) is 5.32 Å². The number of aliphatic hydroxyl groups is 1. The van der Waals surface area contributed by atoms with Crippen molar-refractivity contribution in [1.82, 2.24) is 0 Å². The summed E-state index contributed by atoms with van der Waals surface area (Å²) < 4.78 is 5.25. The lowest BCUT2D eigenvalue weighted by Crippen LogP contribution is -2.20.